The Morgan fingerprint density at radius 2 is 1.83 bits per heavy atom. The van der Waals surface area contributed by atoms with E-state index in [9.17, 15) is 14.7 Å². The largest absolute Gasteiger partial charge is 0.507 e. The number of carbonyl (C=O) groups excluding carboxylic acids is 1. The van der Waals surface area contributed by atoms with Crippen molar-refractivity contribution in [3.63, 3.8) is 0 Å². The van der Waals surface area contributed by atoms with Crippen molar-refractivity contribution in [2.75, 3.05) is 5.32 Å². The van der Waals surface area contributed by atoms with Crippen LogP contribution in [-0.2, 0) is 11.3 Å². The van der Waals surface area contributed by atoms with Crippen molar-refractivity contribution in [2.24, 2.45) is 5.92 Å². The second kappa shape index (κ2) is 9.04. The molecule has 2 N–H and O–H groups in total. The number of carbonyl (C=O) groups is 1. The minimum Gasteiger partial charge on any atom is -0.507 e. The molecule has 180 valence electrons. The number of aryl methyl sites for hydroxylation is 1. The molecule has 6 heteroatoms. The molecule has 6 nitrogen and oxygen atoms in total. The van der Waals surface area contributed by atoms with Crippen molar-refractivity contribution in [3.8, 4) is 5.75 Å². The van der Waals surface area contributed by atoms with E-state index in [2.05, 4.69) is 16.0 Å². The van der Waals surface area contributed by atoms with E-state index in [1.54, 1.807) is 18.2 Å². The summed E-state index contributed by atoms with van der Waals surface area (Å²) in [6, 6.07) is 24.7. The molecule has 1 fully saturated rings. The number of amides is 1. The summed E-state index contributed by atoms with van der Waals surface area (Å²) in [5.41, 5.74) is 2.80. The second-order valence-electron chi connectivity index (χ2n) is 9.45. The van der Waals surface area contributed by atoms with Crippen LogP contribution in [0.1, 0.15) is 36.3 Å². The Morgan fingerprint density at radius 3 is 2.69 bits per heavy atom. The Labute approximate surface area is 207 Å². The van der Waals surface area contributed by atoms with E-state index in [4.69, 9.17) is 4.42 Å². The molecule has 1 amide bonds. The molecule has 1 aliphatic carbocycles. The summed E-state index contributed by atoms with van der Waals surface area (Å²) < 4.78 is 7.64. The highest BCUT2D eigenvalue weighted by Crippen LogP contribution is 2.48. The van der Waals surface area contributed by atoms with Crippen molar-refractivity contribution in [1.29, 1.82) is 0 Å². The molecule has 6 rings (SSSR count). The van der Waals surface area contributed by atoms with E-state index in [0.29, 0.717) is 35.2 Å². The normalized spacial score (nSPS) is 14.2. The number of para-hydroxylation sites is 2. The maximum absolute atomic E-state index is 13.0. The number of hydrogen-bond donors (Lipinski definition) is 2. The maximum Gasteiger partial charge on any atom is 0.343 e. The van der Waals surface area contributed by atoms with Gasteiger partial charge in [-0.2, -0.15) is 0 Å². The molecule has 2 aromatic heterocycles. The number of rotatable bonds is 7. The maximum atomic E-state index is 13.0. The van der Waals surface area contributed by atoms with Crippen LogP contribution in [0.3, 0.4) is 0 Å². The van der Waals surface area contributed by atoms with Gasteiger partial charge in [-0.15, -0.1) is 0 Å². The molecule has 5 aromatic rings. The highest BCUT2D eigenvalue weighted by molar-refractivity contribution is 5.91. The molecular weight excluding hydrogens is 452 g/mol. The fourth-order valence-corrected chi connectivity index (χ4v) is 5.12. The van der Waals surface area contributed by atoms with Gasteiger partial charge in [-0.1, -0.05) is 42.5 Å². The molecule has 36 heavy (non-hydrogen) atoms. The van der Waals surface area contributed by atoms with E-state index in [1.165, 1.54) is 0 Å². The third kappa shape index (κ3) is 4.15. The quantitative estimate of drug-likeness (QED) is 0.280. The molecule has 0 spiro atoms. The monoisotopic (exact) mass is 478 g/mol. The lowest BCUT2D eigenvalue weighted by Crippen LogP contribution is -2.17. The third-order valence-electron chi connectivity index (χ3n) is 7.01. The lowest BCUT2D eigenvalue weighted by atomic mass is 9.86. The first-order chi connectivity index (χ1) is 17.6. The fraction of sp³-hybridized carbons (Fsp3) is 0.200. The number of anilines is 1. The summed E-state index contributed by atoms with van der Waals surface area (Å²) in [5.74, 6) is -0.157. The predicted octanol–water partition coefficient (Wildman–Crippen LogP) is 6.02. The summed E-state index contributed by atoms with van der Waals surface area (Å²) in [6.45, 7) is 0.579. The van der Waals surface area contributed by atoms with Crippen LogP contribution in [0.2, 0.25) is 0 Å². The van der Waals surface area contributed by atoms with Crippen LogP contribution in [0, 0.1) is 5.92 Å². The molecule has 1 saturated carbocycles. The molecular formula is C30H26N2O4. The number of aromatic nitrogens is 1. The molecule has 0 aliphatic heterocycles. The Balaban J connectivity index is 1.24. The van der Waals surface area contributed by atoms with Gasteiger partial charge in [0.2, 0.25) is 5.91 Å². The average molecular weight is 479 g/mol. The Bertz CT molecular complexity index is 1640. The average Bonchev–Trinajstić information content (AvgIpc) is 3.64. The van der Waals surface area contributed by atoms with Crippen LogP contribution in [0.25, 0.3) is 21.9 Å². The molecule has 0 saturated heterocycles. The Hall–Kier alpha value is -4.32. The lowest BCUT2D eigenvalue weighted by molar-refractivity contribution is -0.116. The minimum absolute atomic E-state index is 0.0212. The Kier molecular flexibility index (Phi) is 5.56. The van der Waals surface area contributed by atoms with Gasteiger partial charge in [0.25, 0.3) is 0 Å². The van der Waals surface area contributed by atoms with Gasteiger partial charge >= 0.3 is 5.63 Å². The van der Waals surface area contributed by atoms with E-state index in [-0.39, 0.29) is 23.5 Å². The van der Waals surface area contributed by atoms with E-state index in [1.807, 2.05) is 60.8 Å². The SMILES string of the molecule is O=C(CCn1ccc2ccccc21)Nc1cccc(C(c2c(O)c3ccccc3oc2=O)C2CC2)c1. The van der Waals surface area contributed by atoms with Gasteiger partial charge in [0, 0.05) is 36.3 Å². The number of aromatic hydroxyl groups is 1. The van der Waals surface area contributed by atoms with Crippen LogP contribution >= 0.6 is 0 Å². The van der Waals surface area contributed by atoms with Gasteiger partial charge in [-0.3, -0.25) is 4.79 Å². The third-order valence-corrected chi connectivity index (χ3v) is 7.01. The zero-order valence-corrected chi connectivity index (χ0v) is 19.7. The number of hydrogen-bond acceptors (Lipinski definition) is 4. The first kappa shape index (κ1) is 22.2. The van der Waals surface area contributed by atoms with Crippen LogP contribution in [0.15, 0.2) is 94.3 Å². The molecule has 1 unspecified atom stereocenters. The van der Waals surface area contributed by atoms with Gasteiger partial charge in [0.05, 0.1) is 10.9 Å². The fourth-order valence-electron chi connectivity index (χ4n) is 5.12. The minimum atomic E-state index is -0.517. The first-order valence-electron chi connectivity index (χ1n) is 12.3. The van der Waals surface area contributed by atoms with Gasteiger partial charge in [0.15, 0.2) is 0 Å². The molecule has 3 aromatic carbocycles. The Morgan fingerprint density at radius 1 is 1.03 bits per heavy atom. The van der Waals surface area contributed by atoms with E-state index < -0.39 is 5.63 Å². The molecule has 0 radical (unpaired) electrons. The molecule has 0 bridgehead atoms. The van der Waals surface area contributed by atoms with Gasteiger partial charge in [-0.05, 0) is 66.1 Å². The van der Waals surface area contributed by atoms with Crippen LogP contribution in [0.5, 0.6) is 5.75 Å². The van der Waals surface area contributed by atoms with E-state index in [0.717, 1.165) is 29.3 Å². The van der Waals surface area contributed by atoms with Crippen molar-refractivity contribution in [3.05, 3.63) is 107 Å². The summed E-state index contributed by atoms with van der Waals surface area (Å²) >= 11 is 0. The van der Waals surface area contributed by atoms with Gasteiger partial charge in [0.1, 0.15) is 11.3 Å². The van der Waals surface area contributed by atoms with Crippen LogP contribution in [0.4, 0.5) is 5.69 Å². The van der Waals surface area contributed by atoms with Crippen molar-refractivity contribution < 1.29 is 14.3 Å². The number of benzene rings is 3. The second-order valence-corrected chi connectivity index (χ2v) is 9.45. The molecule has 1 atom stereocenters. The van der Waals surface area contributed by atoms with Crippen molar-refractivity contribution in [1.82, 2.24) is 4.57 Å². The number of nitrogens with one attached hydrogen (secondary N) is 1. The summed E-state index contributed by atoms with van der Waals surface area (Å²) in [6.07, 6.45) is 4.28. The van der Waals surface area contributed by atoms with Gasteiger partial charge in [-0.25, -0.2) is 4.79 Å². The lowest BCUT2D eigenvalue weighted by Gasteiger charge is -2.19. The number of nitrogens with zero attached hydrogens (tertiary/aromatic N) is 1. The first-order valence-corrected chi connectivity index (χ1v) is 12.3. The molecule has 2 heterocycles. The zero-order chi connectivity index (χ0) is 24.6. The zero-order valence-electron chi connectivity index (χ0n) is 19.7. The summed E-state index contributed by atoms with van der Waals surface area (Å²) in [4.78, 5) is 25.7. The van der Waals surface area contributed by atoms with E-state index >= 15 is 0 Å². The predicted molar refractivity (Wildman–Crippen MR) is 140 cm³/mol. The van der Waals surface area contributed by atoms with Gasteiger partial charge < -0.3 is 19.4 Å². The number of fused-ring (bicyclic) bond motifs is 2. The highest BCUT2D eigenvalue weighted by atomic mass is 16.4. The summed E-state index contributed by atoms with van der Waals surface area (Å²) in [5, 5.41) is 15.7. The highest BCUT2D eigenvalue weighted by Gasteiger charge is 2.37. The van der Waals surface area contributed by atoms with Crippen LogP contribution in [-0.4, -0.2) is 15.6 Å². The van der Waals surface area contributed by atoms with Crippen molar-refractivity contribution >= 4 is 33.5 Å². The summed E-state index contributed by atoms with van der Waals surface area (Å²) in [7, 11) is 0. The standard InChI is InChI=1S/C30H26N2O4/c33-26(15-17-32-16-14-19-6-1-3-10-24(19)32)31-22-8-5-7-21(18-22)27(20-12-13-20)28-29(34)23-9-2-4-11-25(23)36-30(28)35/h1-11,14,16,18,20,27,34H,12-13,15,17H2,(H,31,33). The topological polar surface area (TPSA) is 84.5 Å². The van der Waals surface area contributed by atoms with Crippen molar-refractivity contribution in [2.45, 2.75) is 31.7 Å². The van der Waals surface area contributed by atoms with Crippen LogP contribution < -0.4 is 10.9 Å². The molecule has 1 aliphatic rings. The smallest absolute Gasteiger partial charge is 0.343 e.